The van der Waals surface area contributed by atoms with Gasteiger partial charge in [0, 0.05) is 36.6 Å². The van der Waals surface area contributed by atoms with Gasteiger partial charge in [-0.2, -0.15) is 0 Å². The zero-order chi connectivity index (χ0) is 14.2. The van der Waals surface area contributed by atoms with Crippen LogP contribution in [0.15, 0.2) is 42.6 Å². The molecule has 0 aliphatic heterocycles. The van der Waals surface area contributed by atoms with Crippen molar-refractivity contribution in [1.29, 1.82) is 0 Å². The molecule has 0 radical (unpaired) electrons. The highest BCUT2D eigenvalue weighted by atomic mass is 16.5. The molecule has 1 aromatic heterocycles. The summed E-state index contributed by atoms with van der Waals surface area (Å²) in [6.45, 7) is 3.79. The van der Waals surface area contributed by atoms with Crippen molar-refractivity contribution in [3.8, 4) is 5.75 Å². The standard InChI is InChI=1S/C16H21N3O/c1-3-9-17-16-11-14(8-10-18-16)19-12-13-6-4-5-7-15(13)20-2/h4-8,10-11H,3,9,12H2,1-2H3,(H2,17,18,19). The number of hydrogen-bond donors (Lipinski definition) is 2. The molecule has 1 aromatic carbocycles. The van der Waals surface area contributed by atoms with E-state index in [9.17, 15) is 0 Å². The van der Waals surface area contributed by atoms with Crippen molar-refractivity contribution in [3.05, 3.63) is 48.2 Å². The summed E-state index contributed by atoms with van der Waals surface area (Å²) in [4.78, 5) is 4.29. The van der Waals surface area contributed by atoms with E-state index in [2.05, 4.69) is 28.6 Å². The van der Waals surface area contributed by atoms with Gasteiger partial charge in [-0.05, 0) is 18.6 Å². The zero-order valence-corrected chi connectivity index (χ0v) is 12.0. The molecule has 1 heterocycles. The molecule has 0 bridgehead atoms. The lowest BCUT2D eigenvalue weighted by atomic mass is 10.2. The summed E-state index contributed by atoms with van der Waals surface area (Å²) < 4.78 is 5.35. The van der Waals surface area contributed by atoms with Crippen LogP contribution in [-0.4, -0.2) is 18.6 Å². The van der Waals surface area contributed by atoms with Crippen molar-refractivity contribution in [3.63, 3.8) is 0 Å². The average molecular weight is 271 g/mol. The molecular weight excluding hydrogens is 250 g/mol. The van der Waals surface area contributed by atoms with Gasteiger partial charge in [-0.3, -0.25) is 0 Å². The van der Waals surface area contributed by atoms with Crippen LogP contribution in [-0.2, 0) is 6.54 Å². The first-order valence-corrected chi connectivity index (χ1v) is 6.89. The third kappa shape index (κ3) is 3.88. The van der Waals surface area contributed by atoms with E-state index in [0.29, 0.717) is 0 Å². The summed E-state index contributed by atoms with van der Waals surface area (Å²) in [7, 11) is 1.69. The van der Waals surface area contributed by atoms with Crippen molar-refractivity contribution < 1.29 is 4.74 Å². The highest BCUT2D eigenvalue weighted by Crippen LogP contribution is 2.19. The maximum Gasteiger partial charge on any atom is 0.127 e. The van der Waals surface area contributed by atoms with Crippen molar-refractivity contribution in [1.82, 2.24) is 4.98 Å². The number of methoxy groups -OCH3 is 1. The Morgan fingerprint density at radius 2 is 2.00 bits per heavy atom. The van der Waals surface area contributed by atoms with E-state index < -0.39 is 0 Å². The molecule has 2 N–H and O–H groups in total. The number of nitrogens with zero attached hydrogens (tertiary/aromatic N) is 1. The predicted octanol–water partition coefficient (Wildman–Crippen LogP) is 3.52. The number of nitrogens with one attached hydrogen (secondary N) is 2. The minimum absolute atomic E-state index is 0.723. The minimum Gasteiger partial charge on any atom is -0.496 e. The third-order valence-corrected chi connectivity index (χ3v) is 2.99. The molecule has 0 unspecified atom stereocenters. The Balaban J connectivity index is 1.99. The number of para-hydroxylation sites is 1. The van der Waals surface area contributed by atoms with E-state index in [1.807, 2.05) is 36.5 Å². The van der Waals surface area contributed by atoms with Crippen LogP contribution >= 0.6 is 0 Å². The Kier molecular flexibility index (Phi) is 5.24. The van der Waals surface area contributed by atoms with Gasteiger partial charge in [0.2, 0.25) is 0 Å². The van der Waals surface area contributed by atoms with Gasteiger partial charge in [0.25, 0.3) is 0 Å². The number of anilines is 2. The smallest absolute Gasteiger partial charge is 0.127 e. The van der Waals surface area contributed by atoms with Crippen LogP contribution in [0.4, 0.5) is 11.5 Å². The molecule has 0 fully saturated rings. The molecule has 4 heteroatoms. The summed E-state index contributed by atoms with van der Waals surface area (Å²) >= 11 is 0. The molecular formula is C16H21N3O. The second-order valence-corrected chi connectivity index (χ2v) is 4.52. The maximum atomic E-state index is 5.35. The van der Waals surface area contributed by atoms with E-state index in [4.69, 9.17) is 4.74 Å². The van der Waals surface area contributed by atoms with E-state index >= 15 is 0 Å². The van der Waals surface area contributed by atoms with E-state index in [1.54, 1.807) is 7.11 Å². The molecule has 106 valence electrons. The van der Waals surface area contributed by atoms with Gasteiger partial charge in [-0.25, -0.2) is 4.98 Å². The molecule has 2 rings (SSSR count). The van der Waals surface area contributed by atoms with Gasteiger partial charge in [-0.15, -0.1) is 0 Å². The van der Waals surface area contributed by atoms with E-state index in [-0.39, 0.29) is 0 Å². The monoisotopic (exact) mass is 271 g/mol. The highest BCUT2D eigenvalue weighted by molar-refractivity contribution is 5.52. The Morgan fingerprint density at radius 3 is 2.80 bits per heavy atom. The molecule has 20 heavy (non-hydrogen) atoms. The van der Waals surface area contributed by atoms with Crippen molar-refractivity contribution in [2.45, 2.75) is 19.9 Å². The predicted molar refractivity (Wildman–Crippen MR) is 83.3 cm³/mol. The van der Waals surface area contributed by atoms with Crippen LogP contribution in [0.3, 0.4) is 0 Å². The fourth-order valence-corrected chi connectivity index (χ4v) is 1.94. The van der Waals surface area contributed by atoms with Crippen LogP contribution in [0, 0.1) is 0 Å². The van der Waals surface area contributed by atoms with Crippen molar-refractivity contribution in [2.75, 3.05) is 24.3 Å². The van der Waals surface area contributed by atoms with Crippen molar-refractivity contribution >= 4 is 11.5 Å². The van der Waals surface area contributed by atoms with Crippen LogP contribution in [0.1, 0.15) is 18.9 Å². The summed E-state index contributed by atoms with van der Waals surface area (Å²) in [6, 6.07) is 12.0. The van der Waals surface area contributed by atoms with Crippen LogP contribution in [0.5, 0.6) is 5.75 Å². The lowest BCUT2D eigenvalue weighted by molar-refractivity contribution is 0.410. The first-order valence-electron chi connectivity index (χ1n) is 6.89. The van der Waals surface area contributed by atoms with Gasteiger partial charge in [0.05, 0.1) is 7.11 Å². The largest absolute Gasteiger partial charge is 0.496 e. The summed E-state index contributed by atoms with van der Waals surface area (Å²) in [5, 5.41) is 6.67. The van der Waals surface area contributed by atoms with E-state index in [0.717, 1.165) is 42.3 Å². The first-order chi connectivity index (χ1) is 9.83. The summed E-state index contributed by atoms with van der Waals surface area (Å²) in [5.74, 6) is 1.80. The third-order valence-electron chi connectivity index (χ3n) is 2.99. The fraction of sp³-hybridized carbons (Fsp3) is 0.312. The maximum absolute atomic E-state index is 5.35. The molecule has 0 spiro atoms. The first kappa shape index (κ1) is 14.2. The number of hydrogen-bond acceptors (Lipinski definition) is 4. The van der Waals surface area contributed by atoms with Gasteiger partial charge < -0.3 is 15.4 Å². The number of benzene rings is 1. The molecule has 0 atom stereocenters. The zero-order valence-electron chi connectivity index (χ0n) is 12.0. The normalized spacial score (nSPS) is 10.1. The van der Waals surface area contributed by atoms with E-state index in [1.165, 1.54) is 0 Å². The molecule has 2 aromatic rings. The van der Waals surface area contributed by atoms with Gasteiger partial charge >= 0.3 is 0 Å². The fourth-order valence-electron chi connectivity index (χ4n) is 1.94. The lowest BCUT2D eigenvalue weighted by Gasteiger charge is -2.11. The van der Waals surface area contributed by atoms with Gasteiger partial charge in [0.15, 0.2) is 0 Å². The molecule has 0 saturated heterocycles. The topological polar surface area (TPSA) is 46.2 Å². The van der Waals surface area contributed by atoms with Gasteiger partial charge in [0.1, 0.15) is 11.6 Å². The van der Waals surface area contributed by atoms with Crippen LogP contribution in [0.2, 0.25) is 0 Å². The second-order valence-electron chi connectivity index (χ2n) is 4.52. The molecule has 0 aliphatic rings. The molecule has 0 saturated carbocycles. The SMILES string of the molecule is CCCNc1cc(NCc2ccccc2OC)ccn1. The molecule has 0 aliphatic carbocycles. The molecule has 0 amide bonds. The van der Waals surface area contributed by atoms with Crippen LogP contribution in [0.25, 0.3) is 0 Å². The van der Waals surface area contributed by atoms with Gasteiger partial charge in [-0.1, -0.05) is 25.1 Å². The summed E-state index contributed by atoms with van der Waals surface area (Å²) in [6.07, 6.45) is 2.89. The lowest BCUT2D eigenvalue weighted by Crippen LogP contribution is -2.04. The number of rotatable bonds is 7. The Labute approximate surface area is 120 Å². The average Bonchev–Trinajstić information content (AvgIpc) is 2.51. The second kappa shape index (κ2) is 7.38. The van der Waals surface area contributed by atoms with Crippen LogP contribution < -0.4 is 15.4 Å². The number of aromatic nitrogens is 1. The quantitative estimate of drug-likeness (QED) is 0.808. The minimum atomic E-state index is 0.723. The number of pyridine rings is 1. The molecule has 4 nitrogen and oxygen atoms in total. The Bertz CT molecular complexity index is 543. The highest BCUT2D eigenvalue weighted by Gasteiger charge is 2.02. The van der Waals surface area contributed by atoms with Crippen molar-refractivity contribution in [2.24, 2.45) is 0 Å². The Morgan fingerprint density at radius 1 is 1.15 bits per heavy atom. The number of ether oxygens (including phenoxy) is 1. The summed E-state index contributed by atoms with van der Waals surface area (Å²) in [5.41, 5.74) is 2.18. The Hall–Kier alpha value is -2.23.